The molecule has 6 nitrogen and oxygen atoms in total. The molecule has 0 aromatic carbocycles. The monoisotopic (exact) mass is 239 g/mol. The normalized spacial score (nSPS) is 20.1. The van der Waals surface area contributed by atoms with E-state index in [2.05, 4.69) is 15.3 Å². The Balaban J connectivity index is 1.59. The molecule has 0 aliphatic carbocycles. The third kappa shape index (κ3) is 3.83. The largest absolute Gasteiger partial charge is 0.376 e. The van der Waals surface area contributed by atoms with Crippen LogP contribution >= 0.6 is 0 Å². The lowest BCUT2D eigenvalue weighted by Gasteiger charge is -2.21. The Labute approximate surface area is 99.7 Å². The van der Waals surface area contributed by atoms with Crippen molar-refractivity contribution in [3.63, 3.8) is 0 Å². The molecule has 0 bridgehead atoms. The van der Waals surface area contributed by atoms with Crippen LogP contribution in [-0.4, -0.2) is 48.3 Å². The van der Waals surface area contributed by atoms with E-state index in [1.807, 2.05) is 0 Å². The minimum absolute atomic E-state index is 0.0934. The zero-order chi connectivity index (χ0) is 11.9. The van der Waals surface area contributed by atoms with Crippen LogP contribution in [0.25, 0.3) is 0 Å². The van der Waals surface area contributed by atoms with Gasteiger partial charge in [-0.25, -0.2) is 4.98 Å². The molecule has 17 heavy (non-hydrogen) atoms. The number of aromatic nitrogens is 2. The molecule has 1 unspecified atom stereocenters. The molecule has 1 atom stereocenters. The summed E-state index contributed by atoms with van der Waals surface area (Å²) in [6.07, 6.45) is 4.75. The van der Waals surface area contributed by atoms with Gasteiger partial charge in [0.05, 0.1) is 19.8 Å². The van der Waals surface area contributed by atoms with Crippen LogP contribution in [0, 0.1) is 0 Å². The Morgan fingerprint density at radius 3 is 3.24 bits per heavy atom. The van der Waals surface area contributed by atoms with Gasteiger partial charge < -0.3 is 19.8 Å². The van der Waals surface area contributed by atoms with Crippen LogP contribution in [0.4, 0.5) is 0 Å². The number of aryl methyl sites for hydroxylation is 1. The summed E-state index contributed by atoms with van der Waals surface area (Å²) in [5, 5.41) is 2.83. The fraction of sp³-hybridized carbons (Fsp3) is 0.636. The second-order valence-corrected chi connectivity index (χ2v) is 3.86. The Hall–Kier alpha value is -1.40. The molecule has 0 spiro atoms. The van der Waals surface area contributed by atoms with Crippen LogP contribution in [0.2, 0.25) is 0 Å². The van der Waals surface area contributed by atoms with E-state index in [0.29, 0.717) is 26.4 Å². The number of hydrogen-bond acceptors (Lipinski definition) is 4. The second-order valence-electron chi connectivity index (χ2n) is 3.86. The molecule has 1 aromatic heterocycles. The number of imidazole rings is 1. The number of rotatable bonds is 5. The quantitative estimate of drug-likeness (QED) is 0.702. The van der Waals surface area contributed by atoms with Crippen molar-refractivity contribution >= 4 is 5.91 Å². The predicted octanol–water partition coefficient (Wildman–Crippen LogP) is -0.126. The van der Waals surface area contributed by atoms with Crippen LogP contribution in [-0.2, 0) is 20.7 Å². The number of aromatic amines is 1. The van der Waals surface area contributed by atoms with Crippen molar-refractivity contribution in [2.24, 2.45) is 0 Å². The highest BCUT2D eigenvalue weighted by Gasteiger charge is 2.21. The number of carbonyl (C=O) groups is 1. The number of nitrogens with one attached hydrogen (secondary N) is 2. The van der Waals surface area contributed by atoms with E-state index in [0.717, 1.165) is 18.7 Å². The van der Waals surface area contributed by atoms with Crippen LogP contribution in [0.1, 0.15) is 12.2 Å². The third-order valence-electron chi connectivity index (χ3n) is 2.55. The van der Waals surface area contributed by atoms with Crippen molar-refractivity contribution in [1.82, 2.24) is 15.3 Å². The SMILES string of the molecule is O=C(NCCCc1ncc[nH]1)C1COCCO1. The average Bonchev–Trinajstić information content (AvgIpc) is 2.88. The maximum absolute atomic E-state index is 11.6. The first-order valence-electron chi connectivity index (χ1n) is 5.81. The number of ether oxygens (including phenoxy) is 2. The molecule has 1 aliphatic heterocycles. The molecule has 1 aromatic rings. The molecule has 2 heterocycles. The molecule has 1 fully saturated rings. The number of H-pyrrole nitrogens is 1. The lowest BCUT2D eigenvalue weighted by Crippen LogP contribution is -2.43. The highest BCUT2D eigenvalue weighted by molar-refractivity contribution is 5.80. The van der Waals surface area contributed by atoms with Gasteiger partial charge in [0.2, 0.25) is 0 Å². The first-order valence-corrected chi connectivity index (χ1v) is 5.81. The van der Waals surface area contributed by atoms with E-state index in [9.17, 15) is 4.79 Å². The molecule has 2 rings (SSSR count). The first kappa shape index (κ1) is 12.1. The van der Waals surface area contributed by atoms with Gasteiger partial charge >= 0.3 is 0 Å². The van der Waals surface area contributed by atoms with Gasteiger partial charge in [0.1, 0.15) is 5.82 Å². The van der Waals surface area contributed by atoms with Crippen LogP contribution in [0.5, 0.6) is 0 Å². The maximum Gasteiger partial charge on any atom is 0.251 e. The minimum atomic E-state index is -0.452. The highest BCUT2D eigenvalue weighted by atomic mass is 16.6. The lowest BCUT2D eigenvalue weighted by atomic mass is 10.2. The third-order valence-corrected chi connectivity index (χ3v) is 2.55. The van der Waals surface area contributed by atoms with Gasteiger partial charge in [0, 0.05) is 25.4 Å². The van der Waals surface area contributed by atoms with E-state index in [1.54, 1.807) is 12.4 Å². The Bertz CT molecular complexity index is 334. The zero-order valence-electron chi connectivity index (χ0n) is 9.65. The van der Waals surface area contributed by atoms with Crippen LogP contribution in [0.3, 0.4) is 0 Å². The van der Waals surface area contributed by atoms with Gasteiger partial charge in [-0.1, -0.05) is 0 Å². The van der Waals surface area contributed by atoms with Gasteiger partial charge in [0.25, 0.3) is 5.91 Å². The summed E-state index contributed by atoms with van der Waals surface area (Å²) in [6, 6.07) is 0. The fourth-order valence-electron chi connectivity index (χ4n) is 1.66. The zero-order valence-corrected chi connectivity index (χ0v) is 9.65. The number of nitrogens with zero attached hydrogens (tertiary/aromatic N) is 1. The Morgan fingerprint density at radius 2 is 2.53 bits per heavy atom. The van der Waals surface area contributed by atoms with E-state index in [1.165, 1.54) is 0 Å². The number of amides is 1. The smallest absolute Gasteiger partial charge is 0.251 e. The molecule has 1 aliphatic rings. The van der Waals surface area contributed by atoms with Gasteiger partial charge in [-0.3, -0.25) is 4.79 Å². The summed E-state index contributed by atoms with van der Waals surface area (Å²) in [5.41, 5.74) is 0. The van der Waals surface area contributed by atoms with Crippen molar-refractivity contribution in [3.05, 3.63) is 18.2 Å². The standard InChI is InChI=1S/C11H17N3O3/c15-11(9-8-16-6-7-17-9)14-3-1-2-10-12-4-5-13-10/h4-5,9H,1-3,6-8H2,(H,12,13)(H,14,15). The number of carbonyl (C=O) groups excluding carboxylic acids is 1. The van der Waals surface area contributed by atoms with Gasteiger partial charge in [-0.05, 0) is 6.42 Å². The molecular weight excluding hydrogens is 222 g/mol. The van der Waals surface area contributed by atoms with E-state index in [4.69, 9.17) is 9.47 Å². The van der Waals surface area contributed by atoms with Crippen molar-refractivity contribution < 1.29 is 14.3 Å². The van der Waals surface area contributed by atoms with E-state index in [-0.39, 0.29) is 5.91 Å². The van der Waals surface area contributed by atoms with Crippen molar-refractivity contribution in [2.75, 3.05) is 26.4 Å². The summed E-state index contributed by atoms with van der Waals surface area (Å²) in [7, 11) is 0. The Kier molecular flexibility index (Phi) is 4.52. The van der Waals surface area contributed by atoms with E-state index < -0.39 is 6.10 Å². The first-order chi connectivity index (χ1) is 8.36. The van der Waals surface area contributed by atoms with Crippen molar-refractivity contribution in [2.45, 2.75) is 18.9 Å². The van der Waals surface area contributed by atoms with Crippen LogP contribution < -0.4 is 5.32 Å². The summed E-state index contributed by atoms with van der Waals surface area (Å²) in [5.74, 6) is 0.848. The molecule has 2 N–H and O–H groups in total. The fourth-order valence-corrected chi connectivity index (χ4v) is 1.66. The summed E-state index contributed by atoms with van der Waals surface area (Å²) in [4.78, 5) is 18.7. The van der Waals surface area contributed by atoms with Crippen LogP contribution in [0.15, 0.2) is 12.4 Å². The molecule has 1 saturated heterocycles. The van der Waals surface area contributed by atoms with Crippen molar-refractivity contribution in [1.29, 1.82) is 0 Å². The summed E-state index contributed by atoms with van der Waals surface area (Å²) in [6.45, 7) is 2.04. The highest BCUT2D eigenvalue weighted by Crippen LogP contribution is 2.00. The summed E-state index contributed by atoms with van der Waals surface area (Å²) < 4.78 is 10.5. The van der Waals surface area contributed by atoms with Crippen molar-refractivity contribution in [3.8, 4) is 0 Å². The Morgan fingerprint density at radius 1 is 1.59 bits per heavy atom. The van der Waals surface area contributed by atoms with E-state index >= 15 is 0 Å². The number of hydrogen-bond donors (Lipinski definition) is 2. The van der Waals surface area contributed by atoms with Gasteiger partial charge in [-0.15, -0.1) is 0 Å². The van der Waals surface area contributed by atoms with Gasteiger partial charge in [0.15, 0.2) is 6.10 Å². The molecule has 1 amide bonds. The average molecular weight is 239 g/mol. The van der Waals surface area contributed by atoms with Gasteiger partial charge in [-0.2, -0.15) is 0 Å². The predicted molar refractivity (Wildman–Crippen MR) is 60.5 cm³/mol. The topological polar surface area (TPSA) is 76.2 Å². The molecule has 94 valence electrons. The molecule has 0 radical (unpaired) electrons. The summed E-state index contributed by atoms with van der Waals surface area (Å²) >= 11 is 0. The lowest BCUT2D eigenvalue weighted by molar-refractivity contribution is -0.147. The molecule has 0 saturated carbocycles. The second kappa shape index (κ2) is 6.36. The minimum Gasteiger partial charge on any atom is -0.376 e. The molecule has 6 heteroatoms. The molecular formula is C11H17N3O3. The maximum atomic E-state index is 11.6.